The van der Waals surface area contributed by atoms with E-state index in [1.165, 1.54) is 0 Å². The van der Waals surface area contributed by atoms with Crippen molar-refractivity contribution < 1.29 is 14.3 Å². The van der Waals surface area contributed by atoms with Crippen LogP contribution in [0.15, 0.2) is 35.6 Å². The summed E-state index contributed by atoms with van der Waals surface area (Å²) >= 11 is 0. The molecule has 1 atom stereocenters. The first-order valence-corrected chi connectivity index (χ1v) is 8.83. The number of allylic oxidation sites excluding steroid dienone is 2. The minimum absolute atomic E-state index is 0.271. The Hall–Kier alpha value is -2.48. The lowest BCUT2D eigenvalue weighted by Crippen LogP contribution is -2.25. The average Bonchev–Trinajstić information content (AvgIpc) is 3.05. The molecule has 5 heteroatoms. The fourth-order valence-corrected chi connectivity index (χ4v) is 3.27. The molecule has 0 radical (unpaired) electrons. The lowest BCUT2D eigenvalue weighted by atomic mass is 9.98. The van der Waals surface area contributed by atoms with Crippen molar-refractivity contribution in [2.75, 3.05) is 31.7 Å². The molecule has 0 bridgehead atoms. The fraction of sp³-hybridized carbons (Fsp3) is 0.500. The predicted octanol–water partition coefficient (Wildman–Crippen LogP) is 3.91. The Kier molecular flexibility index (Phi) is 6.88. The number of hydrogen-bond donors (Lipinski definition) is 0. The number of hydrogen-bond acceptors (Lipinski definition) is 5. The summed E-state index contributed by atoms with van der Waals surface area (Å²) in [5.41, 5.74) is 2.44. The maximum Gasteiger partial charge on any atom is 0.338 e. The zero-order valence-electron chi connectivity index (χ0n) is 15.2. The van der Waals surface area contributed by atoms with Crippen LogP contribution in [0.2, 0.25) is 0 Å². The maximum atomic E-state index is 11.7. The second kappa shape index (κ2) is 9.12. The first-order valence-electron chi connectivity index (χ1n) is 8.83. The number of nitriles is 1. The van der Waals surface area contributed by atoms with Gasteiger partial charge in [-0.3, -0.25) is 0 Å². The Bertz CT molecular complexity index is 659. The first-order chi connectivity index (χ1) is 12.1. The third-order valence-corrected chi connectivity index (χ3v) is 4.67. The number of methoxy groups -OCH3 is 1. The van der Waals surface area contributed by atoms with Crippen LogP contribution in [0.4, 0.5) is 5.69 Å². The van der Waals surface area contributed by atoms with Gasteiger partial charge in [-0.1, -0.05) is 0 Å². The Morgan fingerprint density at radius 1 is 1.32 bits per heavy atom. The number of carbonyl (C=O) groups is 1. The molecule has 0 saturated carbocycles. The highest BCUT2D eigenvalue weighted by atomic mass is 16.5. The molecular formula is C20H26N2O3. The van der Waals surface area contributed by atoms with Crippen molar-refractivity contribution in [3.63, 3.8) is 0 Å². The second-order valence-corrected chi connectivity index (χ2v) is 6.02. The van der Waals surface area contributed by atoms with Gasteiger partial charge in [0, 0.05) is 25.2 Å². The molecule has 25 heavy (non-hydrogen) atoms. The van der Waals surface area contributed by atoms with Crippen LogP contribution in [0.5, 0.6) is 0 Å². The summed E-state index contributed by atoms with van der Waals surface area (Å²) in [4.78, 5) is 14.0. The highest BCUT2D eigenvalue weighted by molar-refractivity contribution is 5.89. The van der Waals surface area contributed by atoms with Gasteiger partial charge in [0.05, 0.1) is 30.9 Å². The molecule has 1 aromatic carbocycles. The van der Waals surface area contributed by atoms with Crippen molar-refractivity contribution >= 4 is 11.7 Å². The van der Waals surface area contributed by atoms with E-state index < -0.39 is 0 Å². The molecule has 1 aromatic rings. The number of benzene rings is 1. The van der Waals surface area contributed by atoms with Gasteiger partial charge in [0.15, 0.2) is 0 Å². The lowest BCUT2D eigenvalue weighted by molar-refractivity contribution is 0.0526. The molecule has 1 aliphatic carbocycles. The van der Waals surface area contributed by atoms with Crippen LogP contribution in [0, 0.1) is 17.2 Å². The van der Waals surface area contributed by atoms with Crippen LogP contribution in [-0.4, -0.2) is 32.8 Å². The van der Waals surface area contributed by atoms with E-state index in [1.54, 1.807) is 26.2 Å². The van der Waals surface area contributed by atoms with Gasteiger partial charge < -0.3 is 14.4 Å². The number of carbonyl (C=O) groups excluding carboxylic acids is 1. The van der Waals surface area contributed by atoms with E-state index in [2.05, 4.69) is 17.9 Å². The third-order valence-electron chi connectivity index (χ3n) is 4.67. The third kappa shape index (κ3) is 4.54. The van der Waals surface area contributed by atoms with E-state index in [-0.39, 0.29) is 11.9 Å². The van der Waals surface area contributed by atoms with Crippen molar-refractivity contribution in [2.24, 2.45) is 5.92 Å². The van der Waals surface area contributed by atoms with Gasteiger partial charge in [-0.25, -0.2) is 4.79 Å². The van der Waals surface area contributed by atoms with Gasteiger partial charge in [0.25, 0.3) is 0 Å². The minimum atomic E-state index is -0.293. The van der Waals surface area contributed by atoms with Crippen molar-refractivity contribution in [2.45, 2.75) is 33.1 Å². The Labute approximate surface area is 149 Å². The number of esters is 1. The fourth-order valence-electron chi connectivity index (χ4n) is 3.27. The molecule has 2 rings (SSSR count). The van der Waals surface area contributed by atoms with Crippen molar-refractivity contribution in [1.82, 2.24) is 0 Å². The van der Waals surface area contributed by atoms with E-state index in [4.69, 9.17) is 9.47 Å². The number of nitrogens with zero attached hydrogens (tertiary/aromatic N) is 2. The van der Waals surface area contributed by atoms with Gasteiger partial charge in [-0.2, -0.15) is 5.26 Å². The largest absolute Gasteiger partial charge is 0.500 e. The normalized spacial score (nSPS) is 16.5. The van der Waals surface area contributed by atoms with Crippen LogP contribution in [0.3, 0.4) is 0 Å². The quantitative estimate of drug-likeness (QED) is 0.670. The second-order valence-electron chi connectivity index (χ2n) is 6.02. The van der Waals surface area contributed by atoms with Gasteiger partial charge in [-0.15, -0.1) is 0 Å². The summed E-state index contributed by atoms with van der Waals surface area (Å²) in [5.74, 6) is 0.820. The molecule has 0 aliphatic heterocycles. The summed E-state index contributed by atoms with van der Waals surface area (Å²) < 4.78 is 10.3. The molecule has 5 nitrogen and oxygen atoms in total. The summed E-state index contributed by atoms with van der Waals surface area (Å²) in [5, 5.41) is 9.36. The molecular weight excluding hydrogens is 316 g/mol. The maximum absolute atomic E-state index is 11.7. The van der Waals surface area contributed by atoms with Crippen molar-refractivity contribution in [3.05, 3.63) is 41.2 Å². The molecule has 0 spiro atoms. The van der Waals surface area contributed by atoms with Crippen molar-refractivity contribution in [1.29, 1.82) is 5.26 Å². The highest BCUT2D eigenvalue weighted by Crippen LogP contribution is 2.34. The van der Waals surface area contributed by atoms with Crippen molar-refractivity contribution in [3.8, 4) is 6.07 Å². The monoisotopic (exact) mass is 342 g/mol. The summed E-state index contributed by atoms with van der Waals surface area (Å²) in [6.45, 7) is 6.01. The minimum Gasteiger partial charge on any atom is -0.500 e. The van der Waals surface area contributed by atoms with Crippen LogP contribution < -0.4 is 4.90 Å². The van der Waals surface area contributed by atoms with Gasteiger partial charge in [0.1, 0.15) is 5.76 Å². The summed E-state index contributed by atoms with van der Waals surface area (Å²) in [6.07, 6.45) is 2.75. The van der Waals surface area contributed by atoms with E-state index in [1.807, 2.05) is 12.1 Å². The van der Waals surface area contributed by atoms with E-state index >= 15 is 0 Å². The predicted molar refractivity (Wildman–Crippen MR) is 97.3 cm³/mol. The van der Waals surface area contributed by atoms with E-state index in [0.29, 0.717) is 12.2 Å². The summed E-state index contributed by atoms with van der Waals surface area (Å²) in [7, 11) is 1.64. The molecule has 0 N–H and O–H groups in total. The Morgan fingerprint density at radius 3 is 2.60 bits per heavy atom. The standard InChI is InChI=1S/C20H26N2O3/c1-4-22(13-12-15-8-11-19(24-3)18(15)14-21)17-9-6-16(7-10-17)20(23)25-5-2/h6-7,9-10,15H,4-5,8,11-13H2,1-3H3. The number of anilines is 1. The number of ether oxygens (including phenoxy) is 2. The lowest BCUT2D eigenvalue weighted by Gasteiger charge is -2.25. The molecule has 0 saturated heterocycles. The smallest absolute Gasteiger partial charge is 0.338 e. The number of rotatable bonds is 8. The zero-order chi connectivity index (χ0) is 18.2. The molecule has 0 heterocycles. The Balaban J connectivity index is 2.00. The molecule has 0 aromatic heterocycles. The van der Waals surface area contributed by atoms with Crippen LogP contribution in [0.25, 0.3) is 0 Å². The first kappa shape index (κ1) is 18.9. The molecule has 1 aliphatic rings. The average molecular weight is 342 g/mol. The van der Waals surface area contributed by atoms with Gasteiger partial charge in [0.2, 0.25) is 0 Å². The van der Waals surface area contributed by atoms with E-state index in [9.17, 15) is 10.1 Å². The Morgan fingerprint density at radius 2 is 2.04 bits per heavy atom. The van der Waals surface area contributed by atoms with Crippen LogP contribution in [-0.2, 0) is 9.47 Å². The topological polar surface area (TPSA) is 62.6 Å². The van der Waals surface area contributed by atoms with Gasteiger partial charge in [-0.05, 0) is 56.9 Å². The molecule has 0 fully saturated rings. The summed E-state index contributed by atoms with van der Waals surface area (Å²) in [6, 6.07) is 9.82. The van der Waals surface area contributed by atoms with Gasteiger partial charge >= 0.3 is 5.97 Å². The molecule has 0 amide bonds. The zero-order valence-corrected chi connectivity index (χ0v) is 15.2. The van der Waals surface area contributed by atoms with E-state index in [0.717, 1.165) is 49.4 Å². The van der Waals surface area contributed by atoms with Crippen LogP contribution in [0.1, 0.15) is 43.5 Å². The molecule has 134 valence electrons. The molecule has 1 unspecified atom stereocenters. The SMILES string of the molecule is CCOC(=O)c1ccc(N(CC)CCC2CCC(OC)=C2C#N)cc1. The van der Waals surface area contributed by atoms with Crippen LogP contribution >= 0.6 is 0 Å². The highest BCUT2D eigenvalue weighted by Gasteiger charge is 2.26.